The molecule has 1 atom stereocenters. The number of hydrogen-bond acceptors (Lipinski definition) is 4. The smallest absolute Gasteiger partial charge is 0.322 e. The van der Waals surface area contributed by atoms with E-state index in [1.54, 1.807) is 24.2 Å². The van der Waals surface area contributed by atoms with Gasteiger partial charge in [-0.1, -0.05) is 29.4 Å². The van der Waals surface area contributed by atoms with Crippen LogP contribution in [-0.2, 0) is 4.84 Å². The summed E-state index contributed by atoms with van der Waals surface area (Å²) in [6.07, 6.45) is 1.88. The third-order valence-corrected chi connectivity index (χ3v) is 4.29. The number of ether oxygens (including phenoxy) is 1. The average Bonchev–Trinajstić information content (AvgIpc) is 3.16. The number of oxime groups is 1. The molecule has 28 heavy (non-hydrogen) atoms. The van der Waals surface area contributed by atoms with Gasteiger partial charge in [0, 0.05) is 24.2 Å². The molecule has 6 nitrogen and oxygen atoms in total. The fourth-order valence-electron chi connectivity index (χ4n) is 2.98. The lowest BCUT2D eigenvalue weighted by Gasteiger charge is -2.23. The van der Waals surface area contributed by atoms with Crippen molar-refractivity contribution < 1.29 is 18.8 Å². The van der Waals surface area contributed by atoms with E-state index in [2.05, 4.69) is 17.1 Å². The number of anilines is 1. The second-order valence-electron chi connectivity index (χ2n) is 6.30. The van der Waals surface area contributed by atoms with Crippen molar-refractivity contribution in [3.05, 3.63) is 72.6 Å². The summed E-state index contributed by atoms with van der Waals surface area (Å²) >= 11 is 0. The van der Waals surface area contributed by atoms with Crippen molar-refractivity contribution >= 4 is 17.4 Å². The highest BCUT2D eigenvalue weighted by Gasteiger charge is 2.27. The summed E-state index contributed by atoms with van der Waals surface area (Å²) in [4.78, 5) is 19.7. The van der Waals surface area contributed by atoms with Crippen LogP contribution in [0.3, 0.4) is 0 Å². The van der Waals surface area contributed by atoms with E-state index in [-0.39, 0.29) is 12.1 Å². The van der Waals surface area contributed by atoms with Crippen LogP contribution in [0.5, 0.6) is 5.75 Å². The number of carbonyl (C=O) groups is 1. The molecule has 1 heterocycles. The maximum atomic E-state index is 13.3. The highest BCUT2D eigenvalue weighted by molar-refractivity contribution is 6.03. The van der Waals surface area contributed by atoms with Crippen LogP contribution in [0, 0.1) is 5.82 Å². The monoisotopic (exact) mass is 383 g/mol. The van der Waals surface area contributed by atoms with Crippen LogP contribution in [0.1, 0.15) is 12.0 Å². The number of rotatable bonds is 7. The van der Waals surface area contributed by atoms with Crippen molar-refractivity contribution in [2.24, 2.45) is 5.16 Å². The highest BCUT2D eigenvalue weighted by Crippen LogP contribution is 2.25. The number of nitrogens with zero attached hydrogens (tertiary/aromatic N) is 2. The summed E-state index contributed by atoms with van der Waals surface area (Å²) in [5.41, 5.74) is 2.02. The van der Waals surface area contributed by atoms with Crippen LogP contribution in [0.4, 0.5) is 14.9 Å². The molecular weight excluding hydrogens is 361 g/mol. The van der Waals surface area contributed by atoms with Crippen molar-refractivity contribution in [1.29, 1.82) is 0 Å². The van der Waals surface area contributed by atoms with Crippen LogP contribution >= 0.6 is 0 Å². The Morgan fingerprint density at radius 2 is 2.21 bits per heavy atom. The first kappa shape index (κ1) is 19.4. The van der Waals surface area contributed by atoms with Crippen LogP contribution in [-0.4, -0.2) is 42.9 Å². The Balaban J connectivity index is 1.63. The minimum absolute atomic E-state index is 0.293. The van der Waals surface area contributed by atoms with E-state index in [4.69, 9.17) is 9.57 Å². The van der Waals surface area contributed by atoms with E-state index in [0.717, 1.165) is 17.0 Å². The zero-order valence-electron chi connectivity index (χ0n) is 15.6. The Morgan fingerprint density at radius 3 is 2.96 bits per heavy atom. The lowest BCUT2D eigenvalue weighted by atomic mass is 10.0. The fourth-order valence-corrected chi connectivity index (χ4v) is 2.98. The molecule has 2 aromatic rings. The van der Waals surface area contributed by atoms with Gasteiger partial charge < -0.3 is 19.8 Å². The van der Waals surface area contributed by atoms with Crippen molar-refractivity contribution in [2.45, 2.75) is 12.5 Å². The van der Waals surface area contributed by atoms with Gasteiger partial charge in [-0.05, 0) is 30.3 Å². The SMILES string of the molecule is C=CCN(C[C@@H]1CC(c2ccccc2OC)=NO1)C(=O)Nc1cccc(F)c1. The summed E-state index contributed by atoms with van der Waals surface area (Å²) in [7, 11) is 1.61. The van der Waals surface area contributed by atoms with Gasteiger partial charge in [0.2, 0.25) is 0 Å². The number of benzene rings is 2. The molecule has 0 radical (unpaired) electrons. The summed E-state index contributed by atoms with van der Waals surface area (Å²) in [6, 6.07) is 13.0. The third-order valence-electron chi connectivity index (χ3n) is 4.29. The number of carbonyl (C=O) groups excluding carboxylic acids is 1. The predicted molar refractivity (Wildman–Crippen MR) is 106 cm³/mol. The summed E-state index contributed by atoms with van der Waals surface area (Å²) in [5.74, 6) is 0.305. The zero-order chi connectivity index (χ0) is 19.9. The highest BCUT2D eigenvalue weighted by atomic mass is 19.1. The first-order valence-electron chi connectivity index (χ1n) is 8.89. The second kappa shape index (κ2) is 9.03. The number of halogens is 1. The molecule has 0 unspecified atom stereocenters. The number of amides is 2. The predicted octanol–water partition coefficient (Wildman–Crippen LogP) is 4.05. The Morgan fingerprint density at radius 1 is 1.39 bits per heavy atom. The Kier molecular flexibility index (Phi) is 6.26. The molecule has 7 heteroatoms. The van der Waals surface area contributed by atoms with Crippen molar-refractivity contribution in [3.8, 4) is 5.75 Å². The fraction of sp³-hybridized carbons (Fsp3) is 0.238. The molecule has 1 aliphatic heterocycles. The molecule has 0 aliphatic carbocycles. The molecule has 1 N–H and O–H groups in total. The van der Waals surface area contributed by atoms with Gasteiger partial charge in [-0.15, -0.1) is 6.58 Å². The minimum atomic E-state index is -0.415. The first-order chi connectivity index (χ1) is 13.6. The van der Waals surface area contributed by atoms with Crippen molar-refractivity contribution in [3.63, 3.8) is 0 Å². The van der Waals surface area contributed by atoms with Gasteiger partial charge >= 0.3 is 6.03 Å². The summed E-state index contributed by atoms with van der Waals surface area (Å²) in [6.45, 7) is 4.34. The quantitative estimate of drug-likeness (QED) is 0.734. The summed E-state index contributed by atoms with van der Waals surface area (Å²) < 4.78 is 18.7. The van der Waals surface area contributed by atoms with Gasteiger partial charge in [-0.2, -0.15) is 0 Å². The lowest BCUT2D eigenvalue weighted by Crippen LogP contribution is -2.40. The van der Waals surface area contributed by atoms with Crippen LogP contribution in [0.15, 0.2) is 66.3 Å². The standard InChI is InChI=1S/C21H22FN3O3/c1-3-11-25(21(26)23-16-8-6-7-15(22)12-16)14-17-13-19(24-28-17)18-9-4-5-10-20(18)27-2/h3-10,12,17H,1,11,13-14H2,2H3,(H,23,26)/t17-/m0/s1. The average molecular weight is 383 g/mol. The van der Waals surface area contributed by atoms with E-state index in [1.165, 1.54) is 18.2 Å². The Labute approximate surface area is 163 Å². The Hall–Kier alpha value is -3.35. The van der Waals surface area contributed by atoms with Crippen molar-refractivity contribution in [2.75, 3.05) is 25.5 Å². The number of urea groups is 1. The van der Waals surface area contributed by atoms with Gasteiger partial charge in [0.25, 0.3) is 0 Å². The van der Waals surface area contributed by atoms with Gasteiger partial charge in [0.15, 0.2) is 6.10 Å². The number of hydrogen-bond donors (Lipinski definition) is 1. The van der Waals surface area contributed by atoms with Gasteiger partial charge in [0.05, 0.1) is 19.4 Å². The molecule has 2 aromatic carbocycles. The Bertz CT molecular complexity index is 885. The van der Waals surface area contributed by atoms with Crippen molar-refractivity contribution in [1.82, 2.24) is 4.90 Å². The molecular formula is C21H22FN3O3. The molecule has 0 aromatic heterocycles. The maximum Gasteiger partial charge on any atom is 0.322 e. The molecule has 0 bridgehead atoms. The lowest BCUT2D eigenvalue weighted by molar-refractivity contribution is 0.0645. The largest absolute Gasteiger partial charge is 0.496 e. The second-order valence-corrected chi connectivity index (χ2v) is 6.30. The third kappa shape index (κ3) is 4.68. The molecule has 1 aliphatic rings. The van der Waals surface area contributed by atoms with E-state index in [0.29, 0.717) is 25.2 Å². The normalized spacial score (nSPS) is 15.4. The number of nitrogens with one attached hydrogen (secondary N) is 1. The first-order valence-corrected chi connectivity index (χ1v) is 8.89. The molecule has 3 rings (SSSR count). The van der Waals surface area contributed by atoms with Gasteiger partial charge in [-0.3, -0.25) is 0 Å². The number of methoxy groups -OCH3 is 1. The van der Waals surface area contributed by atoms with Gasteiger partial charge in [-0.25, -0.2) is 9.18 Å². The van der Waals surface area contributed by atoms with E-state index < -0.39 is 5.82 Å². The molecule has 0 saturated heterocycles. The molecule has 2 amide bonds. The minimum Gasteiger partial charge on any atom is -0.496 e. The molecule has 0 saturated carbocycles. The van der Waals surface area contributed by atoms with Crippen LogP contribution in [0.25, 0.3) is 0 Å². The molecule has 0 fully saturated rings. The van der Waals surface area contributed by atoms with E-state index in [9.17, 15) is 9.18 Å². The maximum absolute atomic E-state index is 13.3. The molecule has 146 valence electrons. The summed E-state index contributed by atoms with van der Waals surface area (Å²) in [5, 5.41) is 6.86. The van der Waals surface area contributed by atoms with Crippen LogP contribution < -0.4 is 10.1 Å². The number of para-hydroxylation sites is 1. The van der Waals surface area contributed by atoms with E-state index >= 15 is 0 Å². The molecule has 0 spiro atoms. The van der Waals surface area contributed by atoms with Crippen LogP contribution in [0.2, 0.25) is 0 Å². The van der Waals surface area contributed by atoms with Gasteiger partial charge in [0.1, 0.15) is 11.6 Å². The topological polar surface area (TPSA) is 63.2 Å². The van der Waals surface area contributed by atoms with E-state index in [1.807, 2.05) is 24.3 Å². The zero-order valence-corrected chi connectivity index (χ0v) is 15.6.